The fourth-order valence-corrected chi connectivity index (χ4v) is 8.36. The lowest BCUT2D eigenvalue weighted by Gasteiger charge is -2.36. The fourth-order valence-electron chi connectivity index (χ4n) is 6.35. The van der Waals surface area contributed by atoms with Crippen LogP contribution in [0.3, 0.4) is 0 Å². The van der Waals surface area contributed by atoms with Gasteiger partial charge in [-0.2, -0.15) is 11.8 Å². The Hall–Kier alpha value is -3.08. The first kappa shape index (κ1) is 25.2. The zero-order valence-corrected chi connectivity index (χ0v) is 23.2. The third-order valence-electron chi connectivity index (χ3n) is 8.55. The van der Waals surface area contributed by atoms with Gasteiger partial charge in [-0.1, -0.05) is 79.2 Å². The van der Waals surface area contributed by atoms with Gasteiger partial charge in [-0.05, 0) is 71.7 Å². The van der Waals surface area contributed by atoms with E-state index in [0.717, 1.165) is 58.3 Å². The first-order valence-corrected chi connectivity index (χ1v) is 14.5. The Morgan fingerprint density at radius 1 is 1.08 bits per heavy atom. The third-order valence-corrected chi connectivity index (χ3v) is 10.3. The number of ether oxygens (including phenoxy) is 1. The quantitative estimate of drug-likeness (QED) is 0.229. The van der Waals surface area contributed by atoms with E-state index in [1.165, 1.54) is 12.7 Å². The number of fused-ring (bicyclic) bond motifs is 2. The maximum Gasteiger partial charge on any atom is 0.338 e. The molecule has 192 valence electrons. The molecule has 2 heterocycles. The topological polar surface area (TPSA) is 39.2 Å². The Bertz CT molecular complexity index is 1570. The molecule has 1 aromatic heterocycles. The number of carbonyl (C=O) groups excluding carboxylic acids is 1. The number of pyridine rings is 1. The van der Waals surface area contributed by atoms with Crippen molar-refractivity contribution in [3.8, 4) is 0 Å². The molecule has 5 heteroatoms. The molecule has 0 N–H and O–H groups in total. The molecule has 3 atom stereocenters. The predicted molar refractivity (Wildman–Crippen MR) is 159 cm³/mol. The van der Waals surface area contributed by atoms with Crippen LogP contribution in [0.1, 0.15) is 64.2 Å². The summed E-state index contributed by atoms with van der Waals surface area (Å²) in [7, 11) is 1.47. The van der Waals surface area contributed by atoms with Crippen molar-refractivity contribution in [2.45, 2.75) is 36.9 Å². The molecule has 0 bridgehead atoms. The van der Waals surface area contributed by atoms with Gasteiger partial charge >= 0.3 is 5.97 Å². The van der Waals surface area contributed by atoms with Crippen LogP contribution in [0.15, 0.2) is 78.9 Å². The summed E-state index contributed by atoms with van der Waals surface area (Å²) in [5.41, 5.74) is 6.44. The van der Waals surface area contributed by atoms with Crippen LogP contribution in [0.25, 0.3) is 23.1 Å². The number of hydrogen-bond acceptors (Lipinski definition) is 4. The summed E-state index contributed by atoms with van der Waals surface area (Å²) in [6.45, 7) is 2.30. The molecule has 1 aliphatic carbocycles. The van der Waals surface area contributed by atoms with E-state index in [4.69, 9.17) is 21.3 Å². The number of hydrogen-bond donors (Lipinski definition) is 0. The van der Waals surface area contributed by atoms with Crippen molar-refractivity contribution in [3.63, 3.8) is 0 Å². The minimum absolute atomic E-state index is 0.0184. The molecule has 38 heavy (non-hydrogen) atoms. The monoisotopic (exact) mass is 539 g/mol. The van der Waals surface area contributed by atoms with Crippen molar-refractivity contribution in [1.29, 1.82) is 0 Å². The molecule has 3 unspecified atom stereocenters. The van der Waals surface area contributed by atoms with E-state index in [1.54, 1.807) is 0 Å². The highest BCUT2D eigenvalue weighted by Crippen LogP contribution is 2.75. The zero-order valence-electron chi connectivity index (χ0n) is 21.6. The van der Waals surface area contributed by atoms with Crippen LogP contribution in [-0.4, -0.2) is 23.8 Å². The first-order chi connectivity index (χ1) is 18.5. The third kappa shape index (κ3) is 4.34. The van der Waals surface area contributed by atoms with E-state index >= 15 is 0 Å². The number of rotatable bonds is 6. The van der Waals surface area contributed by atoms with Crippen LogP contribution >= 0.6 is 23.4 Å². The fraction of sp³-hybridized carbons (Fsp3) is 0.273. The maximum atomic E-state index is 12.7. The lowest BCUT2D eigenvalue weighted by molar-refractivity contribution is 0.0598. The molecule has 4 aromatic rings. The largest absolute Gasteiger partial charge is 0.465 e. The van der Waals surface area contributed by atoms with Gasteiger partial charge in [-0.3, -0.25) is 0 Å². The van der Waals surface area contributed by atoms with E-state index in [0.29, 0.717) is 10.3 Å². The summed E-state index contributed by atoms with van der Waals surface area (Å²) in [6.07, 6.45) is 7.47. The molecule has 1 aliphatic heterocycles. The summed E-state index contributed by atoms with van der Waals surface area (Å²) < 4.78 is 5.15. The average Bonchev–Trinajstić information content (AvgIpc) is 3.65. The second-order valence-corrected chi connectivity index (χ2v) is 12.1. The average molecular weight is 540 g/mol. The van der Waals surface area contributed by atoms with Gasteiger partial charge in [-0.15, -0.1) is 0 Å². The normalized spacial score (nSPS) is 24.3. The van der Waals surface area contributed by atoms with Crippen LogP contribution in [0, 0.1) is 5.41 Å². The second kappa shape index (κ2) is 9.91. The molecule has 3 nitrogen and oxygen atoms in total. The molecule has 3 aromatic carbocycles. The molecule has 2 fully saturated rings. The molecule has 1 saturated heterocycles. The number of thioether (sulfide) groups is 1. The van der Waals surface area contributed by atoms with Crippen molar-refractivity contribution in [2.75, 3.05) is 12.9 Å². The minimum atomic E-state index is -0.238. The molecule has 0 radical (unpaired) electrons. The second-order valence-electron chi connectivity index (χ2n) is 10.5. The Balaban J connectivity index is 1.28. The van der Waals surface area contributed by atoms with Gasteiger partial charge in [0.2, 0.25) is 0 Å². The Morgan fingerprint density at radius 3 is 2.76 bits per heavy atom. The van der Waals surface area contributed by atoms with Crippen molar-refractivity contribution < 1.29 is 9.53 Å². The van der Waals surface area contributed by atoms with Gasteiger partial charge in [0, 0.05) is 26.8 Å². The van der Waals surface area contributed by atoms with Crippen molar-refractivity contribution >= 4 is 52.4 Å². The Labute approximate surface area is 233 Å². The summed E-state index contributed by atoms with van der Waals surface area (Å²) in [4.78, 5) is 17.4. The number of halogens is 1. The SMILES string of the molecule is CCC12CSC(c3cccc(/C=C/c4ccc5ccc(Cl)cc5n4)c3)CC1(c1ccccc1C(=O)OC)C2. The first-order valence-electron chi connectivity index (χ1n) is 13.1. The van der Waals surface area contributed by atoms with Gasteiger partial charge in [0.15, 0.2) is 0 Å². The highest BCUT2D eigenvalue weighted by molar-refractivity contribution is 7.99. The van der Waals surface area contributed by atoms with Crippen molar-refractivity contribution in [1.82, 2.24) is 4.98 Å². The lowest BCUT2D eigenvalue weighted by Crippen LogP contribution is -2.29. The summed E-state index contributed by atoms with van der Waals surface area (Å²) >= 11 is 8.23. The number of nitrogens with zero attached hydrogens (tertiary/aromatic N) is 1. The van der Waals surface area contributed by atoms with Gasteiger partial charge in [0.1, 0.15) is 0 Å². The zero-order chi connectivity index (χ0) is 26.3. The van der Waals surface area contributed by atoms with Crippen LogP contribution in [0.4, 0.5) is 0 Å². The number of aromatic nitrogens is 1. The summed E-state index contributed by atoms with van der Waals surface area (Å²) in [5.74, 6) is 0.867. The van der Waals surface area contributed by atoms with Crippen molar-refractivity contribution in [2.24, 2.45) is 5.41 Å². The number of esters is 1. The van der Waals surface area contributed by atoms with E-state index < -0.39 is 0 Å². The molecule has 2 aliphatic rings. The van der Waals surface area contributed by atoms with Crippen LogP contribution < -0.4 is 0 Å². The Kier molecular flexibility index (Phi) is 6.57. The highest BCUT2D eigenvalue weighted by atomic mass is 35.5. The maximum absolute atomic E-state index is 12.7. The highest BCUT2D eigenvalue weighted by Gasteiger charge is 2.69. The summed E-state index contributed by atoms with van der Waals surface area (Å²) in [6, 6.07) is 26.8. The number of carbonyl (C=O) groups is 1. The van der Waals surface area contributed by atoms with E-state index in [1.807, 2.05) is 36.4 Å². The van der Waals surface area contributed by atoms with Crippen LogP contribution in [0.5, 0.6) is 0 Å². The molecular formula is C33H30ClNO2S. The summed E-state index contributed by atoms with van der Waals surface area (Å²) in [5, 5.41) is 2.14. The van der Waals surface area contributed by atoms with Gasteiger partial charge in [0.05, 0.1) is 23.9 Å². The van der Waals surface area contributed by atoms with Gasteiger partial charge in [-0.25, -0.2) is 9.78 Å². The lowest BCUT2D eigenvalue weighted by atomic mass is 9.78. The number of benzene rings is 3. The molecule has 0 spiro atoms. The van der Waals surface area contributed by atoms with E-state index in [-0.39, 0.29) is 16.8 Å². The minimum Gasteiger partial charge on any atom is -0.465 e. The van der Waals surface area contributed by atoms with Crippen molar-refractivity contribution in [3.05, 3.63) is 112 Å². The van der Waals surface area contributed by atoms with E-state index in [9.17, 15) is 4.79 Å². The van der Waals surface area contributed by atoms with Gasteiger partial charge in [0.25, 0.3) is 0 Å². The van der Waals surface area contributed by atoms with Crippen LogP contribution in [-0.2, 0) is 10.2 Å². The van der Waals surface area contributed by atoms with Crippen LogP contribution in [0.2, 0.25) is 5.02 Å². The number of methoxy groups -OCH3 is 1. The molecular weight excluding hydrogens is 510 g/mol. The van der Waals surface area contributed by atoms with E-state index in [2.05, 4.69) is 73.3 Å². The molecule has 6 rings (SSSR count). The molecule has 0 amide bonds. The van der Waals surface area contributed by atoms with Gasteiger partial charge < -0.3 is 4.74 Å². The molecule has 1 saturated carbocycles. The standard InChI is InChI=1S/C33H30ClNO2S/c1-3-32-20-33(32,28-10-5-4-9-27(28)31(36)37-2)19-30(38-21-32)24-8-6-7-22(17-24)11-15-26-16-13-23-12-14-25(34)18-29(23)35-26/h4-18,30H,3,19-21H2,1-2H3/b15-11+. The predicted octanol–water partition coefficient (Wildman–Crippen LogP) is 8.76. The smallest absolute Gasteiger partial charge is 0.338 e. The Morgan fingerprint density at radius 2 is 1.92 bits per heavy atom.